The van der Waals surface area contributed by atoms with Crippen LogP contribution in [0.4, 0.5) is 23.7 Å². The molecule has 170 valence electrons. The largest absolute Gasteiger partial charge is 0.424 e. The normalized spacial score (nSPS) is 16.7. The van der Waals surface area contributed by atoms with Gasteiger partial charge in [0.25, 0.3) is 0 Å². The lowest BCUT2D eigenvalue weighted by atomic mass is 9.93. The van der Waals surface area contributed by atoms with Gasteiger partial charge in [-0.05, 0) is 30.7 Å². The van der Waals surface area contributed by atoms with Crippen molar-refractivity contribution >= 4 is 27.5 Å². The van der Waals surface area contributed by atoms with Gasteiger partial charge in [0.05, 0.1) is 33.8 Å². The van der Waals surface area contributed by atoms with Crippen molar-refractivity contribution in [2.75, 3.05) is 11.2 Å². The number of nitriles is 1. The predicted molar refractivity (Wildman–Crippen MR) is 109 cm³/mol. The molecule has 0 fully saturated rings. The van der Waals surface area contributed by atoms with Gasteiger partial charge < -0.3 is 11.1 Å². The number of nitrogens with zero attached hydrogens (tertiary/aromatic N) is 2. The third-order valence-electron chi connectivity index (χ3n) is 4.89. The van der Waals surface area contributed by atoms with E-state index in [4.69, 9.17) is 11.0 Å². The maximum Gasteiger partial charge on any atom is 0.424 e. The highest BCUT2D eigenvalue weighted by Gasteiger charge is 2.38. The number of hydrogen-bond acceptors (Lipinski definition) is 5. The first-order valence-corrected chi connectivity index (χ1v) is 11.0. The number of halogens is 3. The van der Waals surface area contributed by atoms with Gasteiger partial charge in [-0.1, -0.05) is 18.2 Å². The Balaban J connectivity index is 2.23. The monoisotopic (exact) mass is 476 g/mol. The lowest BCUT2D eigenvalue weighted by molar-refractivity contribution is -0.137. The summed E-state index contributed by atoms with van der Waals surface area (Å²) in [4.78, 5) is 25.8. The number of carbonyl (C=O) groups is 2. The third-order valence-corrected chi connectivity index (χ3v) is 6.04. The number of primary amides is 1. The van der Waals surface area contributed by atoms with Gasteiger partial charge in [-0.2, -0.15) is 18.4 Å². The molecule has 0 aliphatic carbocycles. The predicted octanol–water partition coefficient (Wildman–Crippen LogP) is 2.61. The van der Waals surface area contributed by atoms with Crippen LogP contribution < -0.4 is 16.0 Å². The fraction of sp³-hybridized carbons (Fsp3) is 0.190. The number of nitrogens with two attached hydrogens (primary N) is 1. The molecule has 2 aromatic rings. The van der Waals surface area contributed by atoms with Gasteiger partial charge in [-0.15, -0.1) is 0 Å². The van der Waals surface area contributed by atoms with Gasteiger partial charge in [0.1, 0.15) is 5.56 Å². The molecular weight excluding hydrogens is 461 g/mol. The Hall–Kier alpha value is -4.03. The number of sulfone groups is 1. The van der Waals surface area contributed by atoms with E-state index >= 15 is 0 Å². The average molecular weight is 476 g/mol. The maximum atomic E-state index is 13.1. The van der Waals surface area contributed by atoms with Crippen LogP contribution in [0.15, 0.2) is 46.5 Å². The summed E-state index contributed by atoms with van der Waals surface area (Å²) < 4.78 is 64.0. The van der Waals surface area contributed by atoms with Crippen molar-refractivity contribution in [3.8, 4) is 6.07 Å². The zero-order valence-electron chi connectivity index (χ0n) is 17.1. The Morgan fingerprint density at radius 3 is 2.52 bits per heavy atom. The molecule has 8 nitrogen and oxygen atoms in total. The molecule has 1 heterocycles. The number of alkyl halides is 3. The summed E-state index contributed by atoms with van der Waals surface area (Å²) in [5, 5.41) is 11.5. The minimum absolute atomic E-state index is 0.0263. The van der Waals surface area contributed by atoms with Crippen molar-refractivity contribution in [2.24, 2.45) is 5.73 Å². The first-order chi connectivity index (χ1) is 15.3. The number of urea groups is 1. The zero-order valence-corrected chi connectivity index (χ0v) is 17.9. The van der Waals surface area contributed by atoms with Gasteiger partial charge in [0.2, 0.25) is 5.91 Å². The Bertz CT molecular complexity index is 1340. The molecule has 1 aliphatic heterocycles. The van der Waals surface area contributed by atoms with Gasteiger partial charge in [-0.3, -0.25) is 9.69 Å². The fourth-order valence-electron chi connectivity index (χ4n) is 3.47. The summed E-state index contributed by atoms with van der Waals surface area (Å²) in [5.74, 6) is -1.03. The number of nitrogens with one attached hydrogen (secondary N) is 1. The number of amides is 3. The summed E-state index contributed by atoms with van der Waals surface area (Å²) in [5.41, 5.74) is 3.73. The van der Waals surface area contributed by atoms with E-state index in [-0.39, 0.29) is 33.0 Å². The number of benzene rings is 1. The summed E-state index contributed by atoms with van der Waals surface area (Å²) in [6.07, 6.45) is -3.86. The first kappa shape index (κ1) is 23.6. The number of anilines is 1. The highest BCUT2D eigenvalue weighted by molar-refractivity contribution is 7.90. The molecule has 33 heavy (non-hydrogen) atoms. The van der Waals surface area contributed by atoms with Gasteiger partial charge in [0.15, 0.2) is 9.84 Å². The van der Waals surface area contributed by atoms with Crippen molar-refractivity contribution in [1.29, 1.82) is 5.26 Å². The Morgan fingerprint density at radius 1 is 1.30 bits per heavy atom. The highest BCUT2D eigenvalue weighted by atomic mass is 32.2. The Morgan fingerprint density at radius 2 is 1.97 bits per heavy atom. The van der Waals surface area contributed by atoms with Crippen LogP contribution in [0.5, 0.6) is 0 Å². The molecule has 0 unspecified atom stereocenters. The fourth-order valence-corrected chi connectivity index (χ4v) is 4.42. The lowest BCUT2D eigenvalue weighted by Gasteiger charge is -2.35. The van der Waals surface area contributed by atoms with Crippen molar-refractivity contribution in [3.63, 3.8) is 0 Å². The van der Waals surface area contributed by atoms with Crippen LogP contribution in [0.2, 0.25) is 0 Å². The topological polar surface area (TPSA) is 133 Å². The highest BCUT2D eigenvalue weighted by Crippen LogP contribution is 2.37. The second-order valence-corrected chi connectivity index (χ2v) is 9.10. The molecule has 3 N–H and O–H groups in total. The van der Waals surface area contributed by atoms with Crippen LogP contribution in [0.25, 0.3) is 0 Å². The van der Waals surface area contributed by atoms with Crippen LogP contribution in [0.3, 0.4) is 0 Å². The van der Waals surface area contributed by atoms with Crippen LogP contribution in [0.1, 0.15) is 29.7 Å². The lowest BCUT2D eigenvalue weighted by Crippen LogP contribution is -2.49. The van der Waals surface area contributed by atoms with E-state index in [1.54, 1.807) is 6.07 Å². The zero-order chi connectivity index (χ0) is 24.7. The molecular formula is C21H15F3N4O4S. The molecule has 0 spiro atoms. The molecule has 1 aliphatic rings. The molecule has 2 aromatic carbocycles. The smallest absolute Gasteiger partial charge is 0.366 e. The standard InChI is InChI=1S/C21H15F3N4O4S/c1-11-17(19(26)29)18(15-7-6-12(10-25)8-16(15)33(2,31)32)27-20(30)28(11)14-5-3-4-13(9-14)21(22,23)24/h5-9,18H,1-2H3,(H2,26,29)(H,27,30)/t18-/m1/s1. The maximum absolute atomic E-state index is 13.1. The molecule has 0 aromatic heterocycles. The average Bonchev–Trinajstić information content (AvgIpc) is 2.71. The van der Waals surface area contributed by atoms with Gasteiger partial charge in [-0.25, -0.2) is 13.2 Å². The van der Waals surface area contributed by atoms with Crippen molar-refractivity contribution in [3.05, 3.63) is 70.4 Å². The van der Waals surface area contributed by atoms with Crippen LogP contribution in [0, 0.1) is 23.5 Å². The number of carbonyl (C=O) groups excluding carboxylic acids is 2. The molecule has 3 rings (SSSR count). The molecule has 0 saturated heterocycles. The minimum atomic E-state index is -4.75. The number of hydrogen-bond donors (Lipinski definition) is 2. The molecule has 3 amide bonds. The minimum Gasteiger partial charge on any atom is -0.366 e. The summed E-state index contributed by atoms with van der Waals surface area (Å²) in [6, 6.07) is 9.02. The second kappa shape index (κ2) is 8.15. The van der Waals surface area contributed by atoms with E-state index in [0.29, 0.717) is 6.07 Å². The van der Waals surface area contributed by atoms with Gasteiger partial charge >= 0.3 is 12.2 Å². The second-order valence-electron chi connectivity index (χ2n) is 7.11. The quantitative estimate of drug-likeness (QED) is 0.700. The van der Waals surface area contributed by atoms with E-state index in [9.17, 15) is 31.2 Å². The first-order valence-electron chi connectivity index (χ1n) is 9.11. The van der Waals surface area contributed by atoms with E-state index in [2.05, 4.69) is 11.4 Å². The number of allylic oxidation sites excluding steroid dienone is 1. The Labute approximate surface area is 187 Å². The summed E-state index contributed by atoms with van der Waals surface area (Å²) >= 11 is 0. The van der Waals surface area contributed by atoms with E-state index < -0.39 is 39.6 Å². The van der Waals surface area contributed by atoms with E-state index in [1.807, 2.05) is 6.07 Å². The van der Waals surface area contributed by atoms with Crippen molar-refractivity contribution < 1.29 is 31.2 Å². The molecule has 1 atom stereocenters. The van der Waals surface area contributed by atoms with Crippen LogP contribution in [-0.2, 0) is 20.8 Å². The van der Waals surface area contributed by atoms with E-state index in [1.165, 1.54) is 19.1 Å². The van der Waals surface area contributed by atoms with Gasteiger partial charge in [0, 0.05) is 18.0 Å². The van der Waals surface area contributed by atoms with E-state index in [0.717, 1.165) is 23.3 Å². The third kappa shape index (κ3) is 4.47. The Kier molecular flexibility index (Phi) is 5.83. The van der Waals surface area contributed by atoms with Crippen molar-refractivity contribution in [1.82, 2.24) is 5.32 Å². The molecule has 0 saturated carbocycles. The van der Waals surface area contributed by atoms with Crippen LogP contribution in [-0.4, -0.2) is 26.6 Å². The molecule has 12 heteroatoms. The van der Waals surface area contributed by atoms with Crippen molar-refractivity contribution in [2.45, 2.75) is 24.0 Å². The molecule has 0 radical (unpaired) electrons. The summed E-state index contributed by atoms with van der Waals surface area (Å²) in [6.45, 7) is 1.29. The SMILES string of the molecule is CC1=C(C(N)=O)[C@@H](c2ccc(C#N)cc2S(C)(=O)=O)NC(=O)N1c1cc#cc(C(F)(F)F)c1. The number of rotatable bonds is 4. The summed E-state index contributed by atoms with van der Waals surface area (Å²) in [7, 11) is -3.91. The van der Waals surface area contributed by atoms with Crippen LogP contribution >= 0.6 is 0 Å². The molecule has 0 bridgehead atoms.